The van der Waals surface area contributed by atoms with Crippen LogP contribution in [0.25, 0.3) is 0 Å². The number of hydrogen-bond donors (Lipinski definition) is 0. The molecule has 0 radical (unpaired) electrons. The minimum atomic E-state index is -2.51. The van der Waals surface area contributed by atoms with Gasteiger partial charge in [0.25, 0.3) is 0 Å². The first-order valence-corrected chi connectivity index (χ1v) is 11.8. The van der Waals surface area contributed by atoms with E-state index in [4.69, 9.17) is 6.64 Å². The molecule has 0 N–H and O–H groups in total. The summed E-state index contributed by atoms with van der Waals surface area (Å²) in [6.07, 6.45) is 3.02. The summed E-state index contributed by atoms with van der Waals surface area (Å²) < 4.78 is 12.9. The Kier molecular flexibility index (Phi) is 8.94. The van der Waals surface area contributed by atoms with Crippen molar-refractivity contribution in [3.05, 3.63) is 48.7 Å². The Morgan fingerprint density at radius 1 is 1.14 bits per heavy atom. The molecule has 0 aromatic heterocycles. The Labute approximate surface area is 134 Å². The predicted molar refractivity (Wildman–Crippen MR) is 85.6 cm³/mol. The first-order valence-electron chi connectivity index (χ1n) is 7.82. The van der Waals surface area contributed by atoms with Gasteiger partial charge in [-0.1, -0.05) is 0 Å². The molecular formula is C17H29NO2Ti. The van der Waals surface area contributed by atoms with Gasteiger partial charge < -0.3 is 0 Å². The van der Waals surface area contributed by atoms with Crippen LogP contribution in [0.3, 0.4) is 0 Å². The van der Waals surface area contributed by atoms with E-state index in [1.165, 1.54) is 5.56 Å². The molecule has 4 heteroatoms. The summed E-state index contributed by atoms with van der Waals surface area (Å²) in [6, 6.07) is 10.5. The number of rotatable bonds is 11. The van der Waals surface area contributed by atoms with Gasteiger partial charge in [0.05, 0.1) is 0 Å². The summed E-state index contributed by atoms with van der Waals surface area (Å²) in [6.45, 7) is 11.4. The predicted octanol–water partition coefficient (Wildman–Crippen LogP) is 4.55. The van der Waals surface area contributed by atoms with Crippen LogP contribution in [0, 0.1) is 0 Å². The molecule has 1 aromatic rings. The van der Waals surface area contributed by atoms with Crippen LogP contribution in [0.4, 0.5) is 0 Å². The topological polar surface area (TPSA) is 21.7 Å². The van der Waals surface area contributed by atoms with Crippen LogP contribution in [0.2, 0.25) is 9.95 Å². The quantitative estimate of drug-likeness (QED) is 0.557. The first kappa shape index (κ1) is 18.4. The van der Waals surface area contributed by atoms with Crippen LogP contribution >= 0.6 is 0 Å². The average Bonchev–Trinajstić information content (AvgIpc) is 2.47. The second kappa shape index (κ2) is 10.2. The van der Waals surface area contributed by atoms with E-state index in [1.54, 1.807) is 0 Å². The Morgan fingerprint density at radius 3 is 2.29 bits per heavy atom. The van der Waals surface area contributed by atoms with E-state index < -0.39 is 17.4 Å². The number of hydrogen-bond acceptors (Lipinski definition) is 3. The van der Waals surface area contributed by atoms with Crippen molar-refractivity contribution < 1.29 is 24.0 Å². The van der Waals surface area contributed by atoms with Crippen LogP contribution in [0.15, 0.2) is 43.1 Å². The number of benzene rings is 1. The average molecular weight is 327 g/mol. The molecule has 0 saturated heterocycles. The van der Waals surface area contributed by atoms with E-state index in [-0.39, 0.29) is 0 Å². The molecule has 0 aliphatic rings. The van der Waals surface area contributed by atoms with E-state index in [0.29, 0.717) is 0 Å². The zero-order valence-electron chi connectivity index (χ0n) is 13.7. The summed E-state index contributed by atoms with van der Waals surface area (Å²) in [5, 5.41) is 2.21. The molecule has 0 saturated carbocycles. The fraction of sp³-hybridized carbons (Fsp3) is 0.529. The van der Waals surface area contributed by atoms with Crippen LogP contribution in [-0.4, -0.2) is 24.7 Å². The van der Waals surface area contributed by atoms with Gasteiger partial charge in [0.15, 0.2) is 0 Å². The molecule has 21 heavy (non-hydrogen) atoms. The fourth-order valence-corrected chi connectivity index (χ4v) is 6.19. The fourth-order valence-electron chi connectivity index (χ4n) is 2.45. The molecule has 0 atom stereocenters. The van der Waals surface area contributed by atoms with Crippen molar-refractivity contribution in [2.75, 3.05) is 19.8 Å². The summed E-state index contributed by atoms with van der Waals surface area (Å²) >= 11 is -2.51. The second-order valence-corrected chi connectivity index (χ2v) is 10.5. The summed E-state index contributed by atoms with van der Waals surface area (Å²) in [5.41, 5.74) is 1.32. The van der Waals surface area contributed by atoms with Crippen molar-refractivity contribution in [1.29, 1.82) is 0 Å². The molecule has 0 aliphatic heterocycles. The van der Waals surface area contributed by atoms with Gasteiger partial charge in [0.1, 0.15) is 0 Å². The standard InChI is InChI=1S/C12H16N.2C2H5O.CH3.Ti/c1-3-10-13(4-2)11-12-8-6-5-7-9-12;2*1-2-3;;/h4-9H,1-3,10-11H2;2*2H2,1H3;1H3;/q;2*-1;;+2. The first-order chi connectivity index (χ1) is 10.1. The van der Waals surface area contributed by atoms with E-state index >= 15 is 0 Å². The summed E-state index contributed by atoms with van der Waals surface area (Å²) in [4.78, 5) is 2.26. The van der Waals surface area contributed by atoms with Crippen LogP contribution in [0.5, 0.6) is 0 Å². The SMILES string of the molecule is C=CN(CC[CH2][Ti]([CH3])([O]CC)[O]CC)Cc1ccccc1. The molecule has 1 aromatic carbocycles. The Balaban J connectivity index is 2.42. The minimum absolute atomic E-state index is 0.756. The zero-order valence-corrected chi connectivity index (χ0v) is 15.2. The molecule has 0 amide bonds. The Hall–Kier alpha value is -0.606. The molecule has 0 unspecified atom stereocenters. The van der Waals surface area contributed by atoms with E-state index in [2.05, 4.69) is 41.0 Å². The maximum atomic E-state index is 5.92. The Morgan fingerprint density at radius 2 is 1.76 bits per heavy atom. The second-order valence-electron chi connectivity index (χ2n) is 5.24. The van der Waals surface area contributed by atoms with E-state index in [1.807, 2.05) is 26.1 Å². The van der Waals surface area contributed by atoms with Crippen molar-refractivity contribution in [3.63, 3.8) is 0 Å². The van der Waals surface area contributed by atoms with Gasteiger partial charge in [0.2, 0.25) is 0 Å². The molecule has 0 fully saturated rings. The summed E-state index contributed by atoms with van der Waals surface area (Å²) in [5.74, 6) is 0. The van der Waals surface area contributed by atoms with Crippen molar-refractivity contribution in [2.24, 2.45) is 0 Å². The molecule has 0 heterocycles. The van der Waals surface area contributed by atoms with Gasteiger partial charge >= 0.3 is 134 Å². The van der Waals surface area contributed by atoms with Crippen LogP contribution in [-0.2, 0) is 30.5 Å². The van der Waals surface area contributed by atoms with Gasteiger partial charge in [-0.2, -0.15) is 0 Å². The van der Waals surface area contributed by atoms with Crippen LogP contribution in [0.1, 0.15) is 25.8 Å². The molecule has 0 aliphatic carbocycles. The van der Waals surface area contributed by atoms with Gasteiger partial charge in [-0.25, -0.2) is 0 Å². The molecule has 1 rings (SSSR count). The van der Waals surface area contributed by atoms with Crippen molar-refractivity contribution in [1.82, 2.24) is 4.90 Å². The maximum absolute atomic E-state index is 5.92. The normalized spacial score (nSPS) is 11.4. The van der Waals surface area contributed by atoms with Gasteiger partial charge in [-0.05, 0) is 0 Å². The molecular weight excluding hydrogens is 298 g/mol. The van der Waals surface area contributed by atoms with Gasteiger partial charge in [-0.15, -0.1) is 0 Å². The molecule has 0 spiro atoms. The van der Waals surface area contributed by atoms with Crippen LogP contribution < -0.4 is 0 Å². The molecule has 3 nitrogen and oxygen atoms in total. The zero-order chi connectivity index (χ0) is 15.6. The van der Waals surface area contributed by atoms with E-state index in [9.17, 15) is 0 Å². The Bertz CT molecular complexity index is 391. The third-order valence-corrected chi connectivity index (χ3v) is 8.24. The van der Waals surface area contributed by atoms with Gasteiger partial charge in [-0.3, -0.25) is 0 Å². The monoisotopic (exact) mass is 327 g/mol. The van der Waals surface area contributed by atoms with Crippen molar-refractivity contribution in [2.45, 2.75) is 36.8 Å². The van der Waals surface area contributed by atoms with Gasteiger partial charge in [0, 0.05) is 0 Å². The van der Waals surface area contributed by atoms with E-state index in [0.717, 1.165) is 37.4 Å². The van der Waals surface area contributed by atoms with Crippen molar-refractivity contribution >= 4 is 0 Å². The van der Waals surface area contributed by atoms with Crippen molar-refractivity contribution in [3.8, 4) is 0 Å². The number of nitrogens with zero attached hydrogens (tertiary/aromatic N) is 1. The molecule has 0 bridgehead atoms. The third kappa shape index (κ3) is 7.28. The molecule has 118 valence electrons. The third-order valence-electron chi connectivity index (χ3n) is 3.46. The summed E-state index contributed by atoms with van der Waals surface area (Å²) in [7, 11) is 0.